The molecule has 9 nitrogen and oxygen atoms in total. The number of H-pyrrole nitrogens is 1. The van der Waals surface area contributed by atoms with Crippen molar-refractivity contribution in [3.63, 3.8) is 0 Å². The molecule has 0 spiro atoms. The van der Waals surface area contributed by atoms with Gasteiger partial charge in [0.05, 0.1) is 11.4 Å². The lowest BCUT2D eigenvalue weighted by atomic mass is 10.3. The fourth-order valence-electron chi connectivity index (χ4n) is 2.85. The molecule has 148 valence electrons. The van der Waals surface area contributed by atoms with Crippen molar-refractivity contribution in [2.45, 2.75) is 18.7 Å². The third-order valence-corrected chi connectivity index (χ3v) is 5.80. The number of aromatic amines is 1. The normalized spacial score (nSPS) is 11.4. The molecule has 10 heteroatoms. The Balaban J connectivity index is 1.45. The molecular weight excluding hydrogens is 392 g/mol. The van der Waals surface area contributed by atoms with E-state index in [0.717, 1.165) is 0 Å². The standard InChI is InChI=1S/C19H18N6O3S/c1-13-19(14(2)21-20-13)29(26,27)24-15-5-7-16(8-6-15)28-18-10-9-17(22-23-18)25-11-3-4-12-25/h3-12,24H,1-2H3,(H,20,21). The minimum absolute atomic E-state index is 0.149. The van der Waals surface area contributed by atoms with Crippen LogP contribution in [0, 0.1) is 13.8 Å². The molecule has 0 saturated heterocycles. The molecule has 0 saturated carbocycles. The van der Waals surface area contributed by atoms with Gasteiger partial charge in [-0.3, -0.25) is 9.82 Å². The van der Waals surface area contributed by atoms with Gasteiger partial charge in [-0.15, -0.1) is 10.2 Å². The molecule has 0 aliphatic heterocycles. The molecule has 0 atom stereocenters. The van der Waals surface area contributed by atoms with Gasteiger partial charge >= 0.3 is 0 Å². The lowest BCUT2D eigenvalue weighted by Gasteiger charge is -2.09. The third-order valence-electron chi connectivity index (χ3n) is 4.15. The van der Waals surface area contributed by atoms with Gasteiger partial charge in [-0.1, -0.05) is 0 Å². The third kappa shape index (κ3) is 3.97. The summed E-state index contributed by atoms with van der Waals surface area (Å²) in [6, 6.07) is 13.8. The highest BCUT2D eigenvalue weighted by Crippen LogP contribution is 2.24. The first kappa shape index (κ1) is 18.7. The van der Waals surface area contributed by atoms with Crippen LogP contribution in [-0.4, -0.2) is 33.4 Å². The monoisotopic (exact) mass is 410 g/mol. The summed E-state index contributed by atoms with van der Waals surface area (Å²) >= 11 is 0. The van der Waals surface area contributed by atoms with Crippen molar-refractivity contribution in [2.24, 2.45) is 0 Å². The van der Waals surface area contributed by atoms with Gasteiger partial charge in [0.25, 0.3) is 10.0 Å². The number of hydrogen-bond acceptors (Lipinski definition) is 6. The van der Waals surface area contributed by atoms with Crippen LogP contribution in [0.4, 0.5) is 5.69 Å². The quantitative estimate of drug-likeness (QED) is 0.504. The van der Waals surface area contributed by atoms with Crippen LogP contribution in [0.15, 0.2) is 65.8 Å². The summed E-state index contributed by atoms with van der Waals surface area (Å²) in [5, 5.41) is 14.8. The van der Waals surface area contributed by atoms with Crippen LogP contribution >= 0.6 is 0 Å². The zero-order valence-electron chi connectivity index (χ0n) is 15.7. The van der Waals surface area contributed by atoms with Crippen LogP contribution in [0.3, 0.4) is 0 Å². The zero-order valence-corrected chi connectivity index (χ0v) is 16.5. The highest BCUT2D eigenvalue weighted by Gasteiger charge is 2.22. The summed E-state index contributed by atoms with van der Waals surface area (Å²) < 4.78 is 35.2. The fraction of sp³-hybridized carbons (Fsp3) is 0.105. The molecule has 0 bridgehead atoms. The molecule has 0 aliphatic rings. The van der Waals surface area contributed by atoms with Crippen LogP contribution in [0.2, 0.25) is 0 Å². The second kappa shape index (κ2) is 7.40. The number of rotatable bonds is 6. The molecule has 3 heterocycles. The average molecular weight is 410 g/mol. The summed E-state index contributed by atoms with van der Waals surface area (Å²) in [4.78, 5) is 0.149. The lowest BCUT2D eigenvalue weighted by molar-refractivity contribution is 0.454. The van der Waals surface area contributed by atoms with E-state index in [9.17, 15) is 8.42 Å². The Kier molecular flexibility index (Phi) is 4.77. The predicted molar refractivity (Wildman–Crippen MR) is 107 cm³/mol. The van der Waals surface area contributed by atoms with Crippen molar-refractivity contribution in [1.82, 2.24) is 25.0 Å². The first-order valence-electron chi connectivity index (χ1n) is 8.72. The minimum Gasteiger partial charge on any atom is -0.438 e. The van der Waals surface area contributed by atoms with Crippen LogP contribution in [0.1, 0.15) is 11.4 Å². The molecule has 0 aliphatic carbocycles. The number of hydrogen-bond donors (Lipinski definition) is 2. The molecule has 2 N–H and O–H groups in total. The SMILES string of the molecule is Cc1n[nH]c(C)c1S(=O)(=O)Nc1ccc(Oc2ccc(-n3cccc3)nn2)cc1. The number of nitrogens with one attached hydrogen (secondary N) is 2. The smallest absolute Gasteiger partial charge is 0.265 e. The predicted octanol–water partition coefficient (Wildman–Crippen LogP) is 3.20. The summed E-state index contributed by atoms with van der Waals surface area (Å²) in [5.74, 6) is 1.52. The van der Waals surface area contributed by atoms with E-state index in [1.165, 1.54) is 0 Å². The van der Waals surface area contributed by atoms with E-state index in [2.05, 4.69) is 25.1 Å². The number of anilines is 1. The summed E-state index contributed by atoms with van der Waals surface area (Å²) in [6.07, 6.45) is 3.74. The van der Waals surface area contributed by atoms with E-state index in [4.69, 9.17) is 4.74 Å². The van der Waals surface area contributed by atoms with Crippen LogP contribution < -0.4 is 9.46 Å². The molecule has 3 aromatic heterocycles. The average Bonchev–Trinajstić information content (AvgIpc) is 3.34. The van der Waals surface area contributed by atoms with Crippen molar-refractivity contribution in [3.05, 3.63) is 72.3 Å². The van der Waals surface area contributed by atoms with E-state index in [0.29, 0.717) is 34.5 Å². The van der Waals surface area contributed by atoms with Gasteiger partial charge in [-0.2, -0.15) is 5.10 Å². The van der Waals surface area contributed by atoms with E-state index in [-0.39, 0.29) is 4.90 Å². The molecule has 0 fully saturated rings. The first-order valence-corrected chi connectivity index (χ1v) is 10.2. The van der Waals surface area contributed by atoms with Gasteiger partial charge < -0.3 is 9.30 Å². The van der Waals surface area contributed by atoms with E-state index in [1.807, 2.05) is 29.1 Å². The largest absolute Gasteiger partial charge is 0.438 e. The molecule has 0 unspecified atom stereocenters. The molecule has 29 heavy (non-hydrogen) atoms. The minimum atomic E-state index is -3.74. The van der Waals surface area contributed by atoms with Crippen molar-refractivity contribution in [1.29, 1.82) is 0 Å². The van der Waals surface area contributed by atoms with Gasteiger partial charge in [0.2, 0.25) is 5.88 Å². The van der Waals surface area contributed by atoms with Gasteiger partial charge in [0.15, 0.2) is 5.82 Å². The van der Waals surface area contributed by atoms with E-state index >= 15 is 0 Å². The molecular formula is C19H18N6O3S. The number of aromatic nitrogens is 5. The number of benzene rings is 1. The Hall–Kier alpha value is -3.66. The molecule has 0 radical (unpaired) electrons. The van der Waals surface area contributed by atoms with Gasteiger partial charge in [-0.25, -0.2) is 8.42 Å². The van der Waals surface area contributed by atoms with Gasteiger partial charge in [-0.05, 0) is 56.3 Å². The van der Waals surface area contributed by atoms with Gasteiger partial charge in [0.1, 0.15) is 10.6 Å². The Labute approximate surface area is 167 Å². The van der Waals surface area contributed by atoms with Crippen molar-refractivity contribution in [2.75, 3.05) is 4.72 Å². The van der Waals surface area contributed by atoms with Crippen molar-refractivity contribution < 1.29 is 13.2 Å². The van der Waals surface area contributed by atoms with E-state index in [1.54, 1.807) is 50.2 Å². The Morgan fingerprint density at radius 1 is 1.00 bits per heavy atom. The maximum absolute atomic E-state index is 12.6. The second-order valence-corrected chi connectivity index (χ2v) is 7.93. The summed E-state index contributed by atoms with van der Waals surface area (Å²) in [5.41, 5.74) is 1.31. The van der Waals surface area contributed by atoms with Crippen molar-refractivity contribution >= 4 is 15.7 Å². The molecule has 1 aromatic carbocycles. The number of sulfonamides is 1. The Morgan fingerprint density at radius 3 is 2.31 bits per heavy atom. The first-order chi connectivity index (χ1) is 13.9. The van der Waals surface area contributed by atoms with Crippen LogP contribution in [0.25, 0.3) is 5.82 Å². The number of aryl methyl sites for hydroxylation is 2. The van der Waals surface area contributed by atoms with Crippen molar-refractivity contribution in [3.8, 4) is 17.4 Å². The number of nitrogens with zero attached hydrogens (tertiary/aromatic N) is 4. The zero-order chi connectivity index (χ0) is 20.4. The van der Waals surface area contributed by atoms with Gasteiger partial charge in [0, 0.05) is 24.1 Å². The highest BCUT2D eigenvalue weighted by atomic mass is 32.2. The number of ether oxygens (including phenoxy) is 1. The van der Waals surface area contributed by atoms with E-state index < -0.39 is 10.0 Å². The Bertz CT molecular complexity index is 1190. The maximum Gasteiger partial charge on any atom is 0.265 e. The molecule has 0 amide bonds. The fourth-order valence-corrected chi connectivity index (χ4v) is 4.28. The second-order valence-electron chi connectivity index (χ2n) is 6.32. The molecule has 4 rings (SSSR count). The maximum atomic E-state index is 12.6. The lowest BCUT2D eigenvalue weighted by Crippen LogP contribution is -2.14. The highest BCUT2D eigenvalue weighted by molar-refractivity contribution is 7.92. The van der Waals surface area contributed by atoms with Crippen LogP contribution in [-0.2, 0) is 10.0 Å². The topological polar surface area (TPSA) is 115 Å². The molecule has 4 aromatic rings. The summed E-state index contributed by atoms with van der Waals surface area (Å²) in [6.45, 7) is 3.30. The summed E-state index contributed by atoms with van der Waals surface area (Å²) in [7, 11) is -3.74. The van der Waals surface area contributed by atoms with Crippen LogP contribution in [0.5, 0.6) is 11.6 Å². The Morgan fingerprint density at radius 2 is 1.72 bits per heavy atom.